The Morgan fingerprint density at radius 3 is 2.82 bits per heavy atom. The molecule has 0 unspecified atom stereocenters. The van der Waals surface area contributed by atoms with Crippen molar-refractivity contribution < 1.29 is 23.0 Å². The third-order valence-electron chi connectivity index (χ3n) is 6.14. The first-order chi connectivity index (χ1) is 15.9. The van der Waals surface area contributed by atoms with Crippen LogP contribution in [0.2, 0.25) is 0 Å². The molecule has 2 atom stereocenters. The van der Waals surface area contributed by atoms with Crippen LogP contribution in [0.25, 0.3) is 0 Å². The van der Waals surface area contributed by atoms with Crippen LogP contribution in [0.1, 0.15) is 35.8 Å². The van der Waals surface area contributed by atoms with E-state index in [0.717, 1.165) is 24.8 Å². The minimum absolute atomic E-state index is 0.00899. The summed E-state index contributed by atoms with van der Waals surface area (Å²) in [6.45, 7) is 2.21. The first-order valence-corrected chi connectivity index (χ1v) is 11.6. The normalized spacial score (nSPS) is 23.6. The molecular formula is C22H25F2N5O3S. The summed E-state index contributed by atoms with van der Waals surface area (Å²) < 4.78 is 37.4. The van der Waals surface area contributed by atoms with Crippen molar-refractivity contribution in [3.05, 3.63) is 47.7 Å². The van der Waals surface area contributed by atoms with Gasteiger partial charge in [-0.2, -0.15) is 0 Å². The highest BCUT2D eigenvalue weighted by atomic mass is 32.2. The Morgan fingerprint density at radius 1 is 1.33 bits per heavy atom. The standard InChI is InChI=1S/C22H25F2N5O3S/c1-22(16(11-33-21(25)29-22)13-4-6-31-7-5-13)15-8-14(2-3-17(15)24)28-20(30)18-9-27-19(10-26-18)32-12-23/h2-3,8-10,13,16H,4-7,11-12H2,1H3,(H2,25,29)(H,28,30)/t16-,22-/m1/s1. The molecule has 1 aromatic heterocycles. The third-order valence-corrected chi connectivity index (χ3v) is 7.06. The van der Waals surface area contributed by atoms with Gasteiger partial charge in [-0.05, 0) is 43.9 Å². The lowest BCUT2D eigenvalue weighted by Gasteiger charge is -2.43. The molecule has 1 saturated heterocycles. The van der Waals surface area contributed by atoms with Gasteiger partial charge in [0, 0.05) is 36.1 Å². The maximum atomic E-state index is 15.1. The van der Waals surface area contributed by atoms with Crippen molar-refractivity contribution in [2.45, 2.75) is 25.3 Å². The van der Waals surface area contributed by atoms with Gasteiger partial charge in [-0.25, -0.2) is 18.7 Å². The second-order valence-electron chi connectivity index (χ2n) is 8.11. The minimum atomic E-state index is -1.04. The number of rotatable bonds is 6. The molecule has 1 fully saturated rings. The maximum absolute atomic E-state index is 15.1. The molecule has 2 aromatic rings. The molecule has 1 aromatic carbocycles. The lowest BCUT2D eigenvalue weighted by Crippen LogP contribution is -2.44. The number of nitrogens with one attached hydrogen (secondary N) is 1. The molecule has 3 N–H and O–H groups in total. The molecule has 1 amide bonds. The zero-order valence-corrected chi connectivity index (χ0v) is 18.9. The van der Waals surface area contributed by atoms with E-state index in [1.807, 2.05) is 6.92 Å². The molecule has 3 heterocycles. The Labute approximate surface area is 194 Å². The molecule has 8 nitrogen and oxygen atoms in total. The maximum Gasteiger partial charge on any atom is 0.275 e. The van der Waals surface area contributed by atoms with Crippen LogP contribution < -0.4 is 15.8 Å². The summed E-state index contributed by atoms with van der Waals surface area (Å²) in [6, 6.07) is 4.39. The molecule has 0 radical (unpaired) electrons. The summed E-state index contributed by atoms with van der Waals surface area (Å²) in [4.78, 5) is 25.1. The Hall–Kier alpha value is -2.79. The van der Waals surface area contributed by atoms with Gasteiger partial charge in [0.25, 0.3) is 5.91 Å². The third kappa shape index (κ3) is 5.09. The van der Waals surface area contributed by atoms with Crippen LogP contribution in [0.15, 0.2) is 35.6 Å². The van der Waals surface area contributed by atoms with Gasteiger partial charge in [-0.3, -0.25) is 9.79 Å². The number of benzene rings is 1. The average Bonchev–Trinajstić information content (AvgIpc) is 2.81. The van der Waals surface area contributed by atoms with Crippen molar-refractivity contribution in [2.75, 3.05) is 31.1 Å². The Bertz CT molecular complexity index is 1030. The monoisotopic (exact) mass is 477 g/mol. The first kappa shape index (κ1) is 23.4. The van der Waals surface area contributed by atoms with E-state index in [2.05, 4.69) is 20.0 Å². The number of hydrogen-bond acceptors (Lipinski definition) is 8. The van der Waals surface area contributed by atoms with Gasteiger partial charge in [0.05, 0.1) is 17.9 Å². The molecule has 176 valence electrons. The van der Waals surface area contributed by atoms with Crippen LogP contribution in [0, 0.1) is 17.7 Å². The SMILES string of the molecule is C[C@]1(c2cc(NC(=O)c3cnc(OCF)cn3)ccc2F)N=C(N)SC[C@@H]1C1CCOCC1. The number of nitrogens with zero attached hydrogens (tertiary/aromatic N) is 3. The molecule has 11 heteroatoms. The predicted molar refractivity (Wildman–Crippen MR) is 121 cm³/mol. The number of halogens is 2. The largest absolute Gasteiger partial charge is 0.445 e. The van der Waals surface area contributed by atoms with Gasteiger partial charge >= 0.3 is 0 Å². The summed E-state index contributed by atoms with van der Waals surface area (Å²) in [5, 5.41) is 3.13. The van der Waals surface area contributed by atoms with Gasteiger partial charge in [0.2, 0.25) is 12.7 Å². The quantitative estimate of drug-likeness (QED) is 0.655. The number of thioether (sulfide) groups is 1. The lowest BCUT2D eigenvalue weighted by molar-refractivity contribution is 0.0355. The van der Waals surface area contributed by atoms with Crippen molar-refractivity contribution >= 4 is 28.5 Å². The van der Waals surface area contributed by atoms with Crippen LogP contribution in [-0.2, 0) is 10.3 Å². The van der Waals surface area contributed by atoms with E-state index >= 15 is 4.39 Å². The summed E-state index contributed by atoms with van der Waals surface area (Å²) >= 11 is 1.49. The van der Waals surface area contributed by atoms with Crippen molar-refractivity contribution in [3.63, 3.8) is 0 Å². The van der Waals surface area contributed by atoms with E-state index < -0.39 is 24.1 Å². The van der Waals surface area contributed by atoms with Gasteiger partial charge in [-0.15, -0.1) is 0 Å². The van der Waals surface area contributed by atoms with Crippen LogP contribution in [0.5, 0.6) is 5.88 Å². The van der Waals surface area contributed by atoms with Gasteiger partial charge in [0.15, 0.2) is 5.17 Å². The van der Waals surface area contributed by atoms with Crippen LogP contribution in [0.3, 0.4) is 0 Å². The number of ether oxygens (including phenoxy) is 2. The van der Waals surface area contributed by atoms with Crippen LogP contribution >= 0.6 is 11.8 Å². The second-order valence-corrected chi connectivity index (χ2v) is 9.15. The summed E-state index contributed by atoms with van der Waals surface area (Å²) in [7, 11) is 0. The molecule has 4 rings (SSSR count). The zero-order valence-electron chi connectivity index (χ0n) is 18.1. The topological polar surface area (TPSA) is 112 Å². The molecular weight excluding hydrogens is 452 g/mol. The molecule has 33 heavy (non-hydrogen) atoms. The number of aromatic nitrogens is 2. The number of alkyl halides is 1. The zero-order chi connectivity index (χ0) is 23.4. The highest BCUT2D eigenvalue weighted by Crippen LogP contribution is 2.47. The average molecular weight is 478 g/mol. The summed E-state index contributed by atoms with van der Waals surface area (Å²) in [6.07, 6.45) is 4.10. The number of aliphatic imine (C=N–C) groups is 1. The Balaban J connectivity index is 1.61. The predicted octanol–water partition coefficient (Wildman–Crippen LogP) is 3.49. The Kier molecular flexibility index (Phi) is 7.08. The van der Waals surface area contributed by atoms with Crippen molar-refractivity contribution in [1.29, 1.82) is 0 Å². The number of anilines is 1. The van der Waals surface area contributed by atoms with Crippen LogP contribution in [-0.4, -0.2) is 46.9 Å². The molecule has 0 bridgehead atoms. The fourth-order valence-electron chi connectivity index (χ4n) is 4.40. The number of carbonyl (C=O) groups excluding carboxylic acids is 1. The van der Waals surface area contributed by atoms with Gasteiger partial charge < -0.3 is 20.5 Å². The fourth-order valence-corrected chi connectivity index (χ4v) is 5.61. The van der Waals surface area contributed by atoms with E-state index in [4.69, 9.17) is 15.5 Å². The minimum Gasteiger partial charge on any atom is -0.445 e. The van der Waals surface area contributed by atoms with Crippen molar-refractivity contribution in [3.8, 4) is 5.88 Å². The molecule has 0 aliphatic carbocycles. The highest BCUT2D eigenvalue weighted by Gasteiger charge is 2.45. The van der Waals surface area contributed by atoms with Gasteiger partial charge in [-0.1, -0.05) is 11.8 Å². The van der Waals surface area contributed by atoms with Crippen LogP contribution in [0.4, 0.5) is 14.5 Å². The molecule has 2 aliphatic heterocycles. The molecule has 0 saturated carbocycles. The summed E-state index contributed by atoms with van der Waals surface area (Å²) in [5.74, 6) is 0.133. The number of amidine groups is 1. The van der Waals surface area contributed by atoms with E-state index in [0.29, 0.717) is 35.6 Å². The van der Waals surface area contributed by atoms with Crippen molar-refractivity contribution in [2.24, 2.45) is 22.6 Å². The highest BCUT2D eigenvalue weighted by molar-refractivity contribution is 8.13. The van der Waals surface area contributed by atoms with E-state index in [9.17, 15) is 9.18 Å². The summed E-state index contributed by atoms with van der Waals surface area (Å²) in [5.41, 5.74) is 5.96. The van der Waals surface area contributed by atoms with E-state index in [1.165, 1.54) is 30.1 Å². The molecule has 2 aliphatic rings. The lowest BCUT2D eigenvalue weighted by atomic mass is 9.71. The Morgan fingerprint density at radius 2 is 2.12 bits per heavy atom. The second kappa shape index (κ2) is 10.0. The number of nitrogens with two attached hydrogens (primary N) is 1. The molecule has 0 spiro atoms. The van der Waals surface area contributed by atoms with Crippen molar-refractivity contribution in [1.82, 2.24) is 9.97 Å². The first-order valence-electron chi connectivity index (χ1n) is 10.6. The van der Waals surface area contributed by atoms with E-state index in [-0.39, 0.29) is 17.5 Å². The number of carbonyl (C=O) groups is 1. The van der Waals surface area contributed by atoms with E-state index in [1.54, 1.807) is 6.07 Å². The number of hydrogen-bond donors (Lipinski definition) is 2. The fraction of sp³-hybridized carbons (Fsp3) is 0.455. The smallest absolute Gasteiger partial charge is 0.275 e. The number of amides is 1. The van der Waals surface area contributed by atoms with Gasteiger partial charge in [0.1, 0.15) is 11.5 Å².